The summed E-state index contributed by atoms with van der Waals surface area (Å²) in [4.78, 5) is 32.4. The lowest BCUT2D eigenvalue weighted by molar-refractivity contribution is -0.129. The summed E-state index contributed by atoms with van der Waals surface area (Å²) < 4.78 is 10.5. The summed E-state index contributed by atoms with van der Waals surface area (Å²) in [5, 5.41) is 12.9. The van der Waals surface area contributed by atoms with Gasteiger partial charge in [0.25, 0.3) is 0 Å². The number of rotatable bonds is 10. The Labute approximate surface area is 181 Å². The fourth-order valence-electron chi connectivity index (χ4n) is 4.11. The number of hydrogen-bond acceptors (Lipinski definition) is 8. The zero-order chi connectivity index (χ0) is 22.1. The first-order chi connectivity index (χ1) is 15.1. The van der Waals surface area contributed by atoms with Crippen molar-refractivity contribution in [3.05, 3.63) is 29.8 Å². The molecule has 9 nitrogen and oxygen atoms in total. The summed E-state index contributed by atoms with van der Waals surface area (Å²) in [6, 6.07) is 3.10. The number of aromatic nitrogens is 3. The molecular formula is C22H30N4O5. The number of amides is 1. The molecule has 1 aliphatic rings. The highest BCUT2D eigenvalue weighted by molar-refractivity contribution is 5.90. The van der Waals surface area contributed by atoms with Crippen LogP contribution in [-0.4, -0.2) is 38.8 Å². The quantitative estimate of drug-likeness (QED) is 0.328. The predicted octanol–water partition coefficient (Wildman–Crippen LogP) is 4.04. The molecular weight excluding hydrogens is 400 g/mol. The topological polar surface area (TPSA) is 127 Å². The number of nitrogens with zero attached hydrogens (tertiary/aromatic N) is 3. The third kappa shape index (κ3) is 6.58. The number of esters is 1. The molecule has 1 amide bonds. The SMILES string of the molecule is CCOC(=O)c1ccnc(-c2noc(C(CCCC3CCCCC3)CC(=O)NO)n2)c1. The van der Waals surface area contributed by atoms with Crippen LogP contribution in [0.2, 0.25) is 0 Å². The molecule has 0 spiro atoms. The van der Waals surface area contributed by atoms with Crippen molar-refractivity contribution in [3.8, 4) is 11.5 Å². The van der Waals surface area contributed by atoms with E-state index in [0.717, 1.165) is 18.8 Å². The van der Waals surface area contributed by atoms with Gasteiger partial charge in [0.2, 0.25) is 17.6 Å². The van der Waals surface area contributed by atoms with Crippen LogP contribution in [0.25, 0.3) is 11.5 Å². The molecule has 31 heavy (non-hydrogen) atoms. The van der Waals surface area contributed by atoms with Crippen LogP contribution in [-0.2, 0) is 9.53 Å². The minimum Gasteiger partial charge on any atom is -0.462 e. The van der Waals surface area contributed by atoms with E-state index < -0.39 is 11.9 Å². The smallest absolute Gasteiger partial charge is 0.338 e. The standard InChI is InChI=1S/C22H30N4O5/c1-2-30-22(28)17-11-12-23-18(13-17)20-24-21(31-26-20)16(14-19(27)25-29)10-6-9-15-7-4-3-5-8-15/h11-13,15-16,29H,2-10,14H2,1H3,(H,25,27). The summed E-state index contributed by atoms with van der Waals surface area (Å²) in [5.41, 5.74) is 2.41. The van der Waals surface area contributed by atoms with Gasteiger partial charge in [0.15, 0.2) is 0 Å². The van der Waals surface area contributed by atoms with E-state index in [1.165, 1.54) is 38.3 Å². The first-order valence-electron chi connectivity index (χ1n) is 11.0. The molecule has 0 bridgehead atoms. The molecule has 0 radical (unpaired) electrons. The van der Waals surface area contributed by atoms with Crippen molar-refractivity contribution in [1.82, 2.24) is 20.6 Å². The maximum atomic E-state index is 12.0. The van der Waals surface area contributed by atoms with E-state index in [-0.39, 0.29) is 24.8 Å². The first kappa shape index (κ1) is 22.9. The Kier molecular flexibility index (Phi) is 8.52. The largest absolute Gasteiger partial charge is 0.462 e. The van der Waals surface area contributed by atoms with Crippen LogP contribution in [0.3, 0.4) is 0 Å². The van der Waals surface area contributed by atoms with E-state index in [1.807, 2.05) is 0 Å². The Bertz CT molecular complexity index is 863. The lowest BCUT2D eigenvalue weighted by Crippen LogP contribution is -2.21. The van der Waals surface area contributed by atoms with Crippen molar-refractivity contribution in [3.63, 3.8) is 0 Å². The molecule has 1 atom stereocenters. The molecule has 1 unspecified atom stereocenters. The highest BCUT2D eigenvalue weighted by Gasteiger charge is 2.24. The van der Waals surface area contributed by atoms with Gasteiger partial charge < -0.3 is 9.26 Å². The van der Waals surface area contributed by atoms with E-state index in [2.05, 4.69) is 15.1 Å². The zero-order valence-corrected chi connectivity index (χ0v) is 17.9. The number of carbonyl (C=O) groups is 2. The molecule has 2 heterocycles. The van der Waals surface area contributed by atoms with Gasteiger partial charge in [-0.05, 0) is 31.4 Å². The van der Waals surface area contributed by atoms with Crippen molar-refractivity contribution >= 4 is 11.9 Å². The minimum atomic E-state index is -0.496. The van der Waals surface area contributed by atoms with E-state index in [9.17, 15) is 9.59 Å². The van der Waals surface area contributed by atoms with Crippen LogP contribution in [0, 0.1) is 5.92 Å². The summed E-state index contributed by atoms with van der Waals surface area (Å²) in [5.74, 6) is 0.0627. The second-order valence-electron chi connectivity index (χ2n) is 7.98. The maximum absolute atomic E-state index is 12.0. The zero-order valence-electron chi connectivity index (χ0n) is 17.9. The molecule has 2 aromatic rings. The number of hydrogen-bond donors (Lipinski definition) is 2. The number of pyridine rings is 1. The van der Waals surface area contributed by atoms with E-state index in [0.29, 0.717) is 23.6 Å². The maximum Gasteiger partial charge on any atom is 0.338 e. The van der Waals surface area contributed by atoms with E-state index in [4.69, 9.17) is 14.5 Å². The monoisotopic (exact) mass is 430 g/mol. The second kappa shape index (κ2) is 11.5. The van der Waals surface area contributed by atoms with Crippen molar-refractivity contribution in [2.45, 2.75) is 70.6 Å². The highest BCUT2D eigenvalue weighted by atomic mass is 16.5. The van der Waals surface area contributed by atoms with Crippen LogP contribution < -0.4 is 5.48 Å². The van der Waals surface area contributed by atoms with Gasteiger partial charge in [-0.25, -0.2) is 10.3 Å². The second-order valence-corrected chi connectivity index (χ2v) is 7.98. The third-order valence-electron chi connectivity index (χ3n) is 5.74. The fourth-order valence-corrected chi connectivity index (χ4v) is 4.11. The lowest BCUT2D eigenvalue weighted by atomic mass is 9.84. The molecule has 2 aromatic heterocycles. The first-order valence-corrected chi connectivity index (χ1v) is 11.0. The van der Waals surface area contributed by atoms with Crippen LogP contribution >= 0.6 is 0 Å². The molecule has 1 aliphatic carbocycles. The van der Waals surface area contributed by atoms with Gasteiger partial charge in [-0.2, -0.15) is 4.98 Å². The molecule has 168 valence electrons. The molecule has 1 saturated carbocycles. The van der Waals surface area contributed by atoms with Crippen molar-refractivity contribution in [2.75, 3.05) is 6.61 Å². The summed E-state index contributed by atoms with van der Waals surface area (Å²) >= 11 is 0. The van der Waals surface area contributed by atoms with Crippen molar-refractivity contribution in [1.29, 1.82) is 0 Å². The third-order valence-corrected chi connectivity index (χ3v) is 5.74. The molecule has 1 fully saturated rings. The number of carbonyl (C=O) groups excluding carboxylic acids is 2. The van der Waals surface area contributed by atoms with Gasteiger partial charge >= 0.3 is 5.97 Å². The number of hydroxylamine groups is 1. The van der Waals surface area contributed by atoms with Crippen molar-refractivity contribution < 1.29 is 24.1 Å². The van der Waals surface area contributed by atoms with Gasteiger partial charge in [0.05, 0.1) is 12.2 Å². The van der Waals surface area contributed by atoms with Gasteiger partial charge in [-0.1, -0.05) is 50.1 Å². The Morgan fingerprint density at radius 3 is 2.87 bits per heavy atom. The van der Waals surface area contributed by atoms with Crippen LogP contribution in [0.5, 0.6) is 0 Å². The summed E-state index contributed by atoms with van der Waals surface area (Å²) in [6.07, 6.45) is 10.8. The summed E-state index contributed by atoms with van der Waals surface area (Å²) in [7, 11) is 0. The minimum absolute atomic E-state index is 0.0547. The molecule has 2 N–H and O–H groups in total. The highest BCUT2D eigenvalue weighted by Crippen LogP contribution is 2.31. The molecule has 0 saturated heterocycles. The molecule has 9 heteroatoms. The van der Waals surface area contributed by atoms with Crippen LogP contribution in [0.15, 0.2) is 22.9 Å². The van der Waals surface area contributed by atoms with Gasteiger partial charge in [-0.3, -0.25) is 15.0 Å². The average molecular weight is 431 g/mol. The van der Waals surface area contributed by atoms with Crippen LogP contribution in [0.4, 0.5) is 0 Å². The van der Waals surface area contributed by atoms with E-state index >= 15 is 0 Å². The molecule has 3 rings (SSSR count). The van der Waals surface area contributed by atoms with Gasteiger partial charge in [-0.15, -0.1) is 0 Å². The van der Waals surface area contributed by atoms with Gasteiger partial charge in [0.1, 0.15) is 5.69 Å². The molecule has 0 aromatic carbocycles. The fraction of sp³-hybridized carbons (Fsp3) is 0.591. The Morgan fingerprint density at radius 1 is 1.32 bits per heavy atom. The predicted molar refractivity (Wildman–Crippen MR) is 111 cm³/mol. The van der Waals surface area contributed by atoms with E-state index in [1.54, 1.807) is 24.5 Å². The average Bonchev–Trinajstić information content (AvgIpc) is 3.29. The number of nitrogens with one attached hydrogen (secondary N) is 1. The Morgan fingerprint density at radius 2 is 2.13 bits per heavy atom. The van der Waals surface area contributed by atoms with Crippen LogP contribution in [0.1, 0.15) is 86.9 Å². The summed E-state index contributed by atoms with van der Waals surface area (Å²) in [6.45, 7) is 2.01. The number of ether oxygens (including phenoxy) is 1. The van der Waals surface area contributed by atoms with Crippen molar-refractivity contribution in [2.24, 2.45) is 5.92 Å². The lowest BCUT2D eigenvalue weighted by Gasteiger charge is -2.22. The van der Waals surface area contributed by atoms with Gasteiger partial charge in [0, 0.05) is 18.5 Å². The molecule has 0 aliphatic heterocycles. The Hall–Kier alpha value is -2.81. The Balaban J connectivity index is 1.69. The normalized spacial score (nSPS) is 15.4.